The molecular weight excluding hydrogens is 753 g/mol. The van der Waals surface area contributed by atoms with Crippen molar-refractivity contribution in [2.75, 3.05) is 38.7 Å². The zero-order valence-corrected chi connectivity index (χ0v) is 32.3. The molecular formula is C45H46N6O8. The average molecular weight is 799 g/mol. The number of rotatable bonds is 19. The number of fused-ring (bicyclic) bond motifs is 3. The summed E-state index contributed by atoms with van der Waals surface area (Å²) >= 11 is 0. The first kappa shape index (κ1) is 41.4. The molecule has 14 heteroatoms. The van der Waals surface area contributed by atoms with E-state index in [0.717, 1.165) is 44.7 Å². The summed E-state index contributed by atoms with van der Waals surface area (Å²) in [5, 5.41) is 12.6. The lowest BCUT2D eigenvalue weighted by Crippen LogP contribution is -2.52. The van der Waals surface area contributed by atoms with Crippen LogP contribution < -0.4 is 37.1 Å². The van der Waals surface area contributed by atoms with Gasteiger partial charge in [0.1, 0.15) is 38.3 Å². The molecule has 6 rings (SSSR count). The predicted molar refractivity (Wildman–Crippen MR) is 221 cm³/mol. The Hall–Kier alpha value is -7.19. The topological polar surface area (TPSA) is 199 Å². The van der Waals surface area contributed by atoms with Crippen LogP contribution in [0.5, 0.6) is 5.75 Å². The van der Waals surface area contributed by atoms with Crippen molar-refractivity contribution >= 4 is 35.4 Å². The molecule has 0 aromatic heterocycles. The normalized spacial score (nSPS) is 11.9. The molecule has 7 N–H and O–H groups in total. The fraction of sp³-hybridized carbons (Fsp3) is 0.222. The maximum Gasteiger partial charge on any atom is 0.407 e. The van der Waals surface area contributed by atoms with Gasteiger partial charge in [0, 0.05) is 18.0 Å². The number of carbonyl (C=O) groups is 5. The molecule has 1 atom stereocenters. The van der Waals surface area contributed by atoms with Crippen LogP contribution in [0.15, 0.2) is 127 Å². The van der Waals surface area contributed by atoms with Gasteiger partial charge < -0.3 is 46.5 Å². The number of anilines is 1. The van der Waals surface area contributed by atoms with Crippen molar-refractivity contribution in [3.8, 4) is 16.9 Å². The number of carbonyl (C=O) groups excluding carboxylic acids is 5. The van der Waals surface area contributed by atoms with E-state index in [0.29, 0.717) is 12.3 Å². The van der Waals surface area contributed by atoms with Crippen LogP contribution in [-0.4, -0.2) is 68.7 Å². The summed E-state index contributed by atoms with van der Waals surface area (Å²) in [4.78, 5) is 63.6. The van der Waals surface area contributed by atoms with Crippen LogP contribution in [0.25, 0.3) is 11.1 Å². The number of nitrogens with two attached hydrogens (primary N) is 1. The number of nitrogen functional groups attached to an aromatic ring is 1. The molecule has 5 amide bonds. The van der Waals surface area contributed by atoms with E-state index < -0.39 is 48.9 Å². The van der Waals surface area contributed by atoms with E-state index in [-0.39, 0.29) is 38.8 Å². The number of alkyl carbamates (subject to hydrolysis) is 1. The highest BCUT2D eigenvalue weighted by Gasteiger charge is 2.29. The zero-order valence-electron chi connectivity index (χ0n) is 32.3. The monoisotopic (exact) mass is 798 g/mol. The largest absolute Gasteiger partial charge is 0.489 e. The van der Waals surface area contributed by atoms with Gasteiger partial charge >= 0.3 is 6.09 Å². The Morgan fingerprint density at radius 3 is 1.83 bits per heavy atom. The smallest absolute Gasteiger partial charge is 0.407 e. The summed E-state index contributed by atoms with van der Waals surface area (Å²) in [6, 6.07) is 38.7. The van der Waals surface area contributed by atoms with Gasteiger partial charge in [0.15, 0.2) is 0 Å². The van der Waals surface area contributed by atoms with Gasteiger partial charge in [0.2, 0.25) is 23.6 Å². The summed E-state index contributed by atoms with van der Waals surface area (Å²) in [6.45, 7) is -0.597. The van der Waals surface area contributed by atoms with Crippen molar-refractivity contribution in [3.05, 3.63) is 155 Å². The van der Waals surface area contributed by atoms with Gasteiger partial charge in [-0.15, -0.1) is 0 Å². The molecule has 0 aliphatic heterocycles. The minimum absolute atomic E-state index is 0.0866. The Labute approximate surface area is 341 Å². The highest BCUT2D eigenvalue weighted by molar-refractivity contribution is 5.92. The van der Waals surface area contributed by atoms with E-state index in [1.807, 2.05) is 91.0 Å². The second-order valence-electron chi connectivity index (χ2n) is 13.8. The fourth-order valence-electron chi connectivity index (χ4n) is 6.46. The van der Waals surface area contributed by atoms with Crippen LogP contribution in [0.3, 0.4) is 0 Å². The number of nitrogens with one attached hydrogen (secondary N) is 5. The number of hydrogen-bond acceptors (Lipinski definition) is 9. The Morgan fingerprint density at radius 2 is 1.15 bits per heavy atom. The lowest BCUT2D eigenvalue weighted by molar-refractivity contribution is -0.131. The van der Waals surface area contributed by atoms with Gasteiger partial charge in [-0.3, -0.25) is 19.2 Å². The van der Waals surface area contributed by atoms with Gasteiger partial charge in [-0.2, -0.15) is 0 Å². The quantitative estimate of drug-likeness (QED) is 0.0407. The third-order valence-corrected chi connectivity index (χ3v) is 9.49. The molecule has 0 unspecified atom stereocenters. The zero-order chi connectivity index (χ0) is 41.4. The molecule has 0 radical (unpaired) electrons. The lowest BCUT2D eigenvalue weighted by Gasteiger charge is -2.19. The number of amides is 5. The SMILES string of the molecule is Nc1ccc(OCc2ccc(COCNC(=O)CNC(=O)[C@H](Cc3ccccc3)NC(=O)CNC(=O)CNC(=O)OCC3c4ccccc4-c4ccccc43)cc2)cc1. The highest BCUT2D eigenvalue weighted by Crippen LogP contribution is 2.44. The summed E-state index contributed by atoms with van der Waals surface area (Å²) in [5.41, 5.74) is 13.3. The van der Waals surface area contributed by atoms with Crippen LogP contribution in [0.2, 0.25) is 0 Å². The molecule has 304 valence electrons. The average Bonchev–Trinajstić information content (AvgIpc) is 3.58. The standard InChI is InChI=1S/C45H46N6O8/c46-33-18-20-34(21-19-33)58-27-32-16-14-31(15-17-32)26-57-29-50-42(53)23-48-44(55)40(22-30-8-2-1-3-9-30)51-43(54)25-47-41(52)24-49-45(56)59-28-39-37-12-6-4-10-35(37)36-11-5-7-13-38(36)39/h1-21,39-40H,22-29,46H2,(H,47,52)(H,48,55)(H,49,56)(H,50,53)(H,51,54)/t40-/m0/s1. The molecule has 0 saturated heterocycles. The van der Waals surface area contributed by atoms with E-state index in [4.69, 9.17) is 19.9 Å². The first-order valence-electron chi connectivity index (χ1n) is 19.1. The van der Waals surface area contributed by atoms with Crippen molar-refractivity contribution in [1.82, 2.24) is 26.6 Å². The van der Waals surface area contributed by atoms with Crippen LogP contribution in [0, 0.1) is 0 Å². The third kappa shape index (κ3) is 12.4. The Balaban J connectivity index is 0.880. The number of benzene rings is 5. The Morgan fingerprint density at radius 1 is 0.576 bits per heavy atom. The van der Waals surface area contributed by atoms with Crippen molar-refractivity contribution in [3.63, 3.8) is 0 Å². The van der Waals surface area contributed by atoms with Crippen LogP contribution in [0.4, 0.5) is 10.5 Å². The molecule has 0 saturated carbocycles. The first-order chi connectivity index (χ1) is 28.7. The molecule has 1 aliphatic carbocycles. The van der Waals surface area contributed by atoms with Crippen molar-refractivity contribution < 1.29 is 38.2 Å². The predicted octanol–water partition coefficient (Wildman–Crippen LogP) is 3.94. The van der Waals surface area contributed by atoms with E-state index in [9.17, 15) is 24.0 Å². The van der Waals surface area contributed by atoms with Crippen molar-refractivity contribution in [2.45, 2.75) is 31.6 Å². The Bertz CT molecular complexity index is 2170. The van der Waals surface area contributed by atoms with Gasteiger partial charge in [0.05, 0.1) is 19.7 Å². The third-order valence-electron chi connectivity index (χ3n) is 9.49. The first-order valence-corrected chi connectivity index (χ1v) is 19.1. The molecule has 59 heavy (non-hydrogen) atoms. The van der Waals surface area contributed by atoms with Crippen molar-refractivity contribution in [2.24, 2.45) is 0 Å². The van der Waals surface area contributed by atoms with Crippen LogP contribution in [0.1, 0.15) is 33.7 Å². The Kier molecular flexibility index (Phi) is 14.6. The second kappa shape index (κ2) is 20.8. The molecule has 5 aromatic carbocycles. The van der Waals surface area contributed by atoms with Gasteiger partial charge in [-0.25, -0.2) is 4.79 Å². The van der Waals surface area contributed by atoms with Crippen molar-refractivity contribution in [1.29, 1.82) is 0 Å². The van der Waals surface area contributed by atoms with Crippen LogP contribution >= 0.6 is 0 Å². The van der Waals surface area contributed by atoms with Gasteiger partial charge in [-0.05, 0) is 63.2 Å². The summed E-state index contributed by atoms with van der Waals surface area (Å²) < 4.78 is 16.8. The summed E-state index contributed by atoms with van der Waals surface area (Å²) in [7, 11) is 0. The molecule has 5 aromatic rings. The minimum Gasteiger partial charge on any atom is -0.489 e. The fourth-order valence-corrected chi connectivity index (χ4v) is 6.46. The maximum atomic E-state index is 13.2. The molecule has 14 nitrogen and oxygen atoms in total. The minimum atomic E-state index is -1.05. The van der Waals surface area contributed by atoms with E-state index in [1.165, 1.54) is 0 Å². The molecule has 0 fully saturated rings. The van der Waals surface area contributed by atoms with Crippen LogP contribution in [-0.2, 0) is 48.3 Å². The molecule has 0 heterocycles. The second-order valence-corrected chi connectivity index (χ2v) is 13.8. The van der Waals surface area contributed by atoms with E-state index in [2.05, 4.69) is 26.6 Å². The number of ether oxygens (including phenoxy) is 3. The summed E-state index contributed by atoms with van der Waals surface area (Å²) in [5.74, 6) is -1.78. The number of hydrogen-bond donors (Lipinski definition) is 6. The molecule has 0 bridgehead atoms. The highest BCUT2D eigenvalue weighted by atomic mass is 16.5. The lowest BCUT2D eigenvalue weighted by atomic mass is 9.98. The van der Waals surface area contributed by atoms with Gasteiger partial charge in [0.25, 0.3) is 0 Å². The maximum absolute atomic E-state index is 13.2. The van der Waals surface area contributed by atoms with E-state index in [1.54, 1.807) is 36.4 Å². The van der Waals surface area contributed by atoms with Gasteiger partial charge in [-0.1, -0.05) is 103 Å². The molecule has 1 aliphatic rings. The molecule has 0 spiro atoms. The summed E-state index contributed by atoms with van der Waals surface area (Å²) in [6.07, 6.45) is -0.642. The van der Waals surface area contributed by atoms with E-state index >= 15 is 0 Å².